The highest BCUT2D eigenvalue weighted by molar-refractivity contribution is 6.66. The first kappa shape index (κ1) is 71.2. The van der Waals surface area contributed by atoms with Crippen LogP contribution in [0.1, 0.15) is 66.7 Å². The number of allylic oxidation sites excluding steroid dienone is 1. The van der Waals surface area contributed by atoms with E-state index in [0.29, 0.717) is 12.2 Å². The van der Waals surface area contributed by atoms with E-state index >= 15 is 0 Å². The Morgan fingerprint density at radius 1 is 0.492 bits per heavy atom. The number of halogens is 22. The zero-order chi connectivity index (χ0) is 50.8. The van der Waals surface area contributed by atoms with Gasteiger partial charge in [-0.05, 0) is 56.6 Å². The van der Waals surface area contributed by atoms with Crippen molar-refractivity contribution in [2.75, 3.05) is 39.5 Å². The summed E-state index contributed by atoms with van der Waals surface area (Å²) in [4.78, 5) is 32.7. The van der Waals surface area contributed by atoms with Crippen LogP contribution in [-0.2, 0) is 23.9 Å². The molecule has 0 atom stereocenters. The molecule has 0 fully saturated rings. The number of rotatable bonds is 17. The van der Waals surface area contributed by atoms with Gasteiger partial charge in [0.15, 0.2) is 0 Å². The Bertz CT molecular complexity index is 1200. The third-order valence-corrected chi connectivity index (χ3v) is 7.18. The van der Waals surface area contributed by atoms with Gasteiger partial charge in [0.1, 0.15) is 0 Å². The van der Waals surface area contributed by atoms with E-state index in [2.05, 4.69) is 54.9 Å². The lowest BCUT2D eigenvalue weighted by Gasteiger charge is -2.29. The molecule has 0 rings (SSSR count). The van der Waals surface area contributed by atoms with Gasteiger partial charge < -0.3 is 19.5 Å². The van der Waals surface area contributed by atoms with E-state index in [0.717, 1.165) is 6.08 Å². The number of carbonyl (C=O) groups is 3. The molecule has 0 amide bonds. The Morgan fingerprint density at radius 3 is 0.825 bits per heavy atom. The number of nitrogens with zero attached hydrogens (tertiary/aromatic N) is 1. The van der Waals surface area contributed by atoms with Gasteiger partial charge in [-0.25, -0.2) is 22.8 Å². The minimum Gasteiger partial charge on any atom is -0.463 e. The number of hydrogen-bond acceptors (Lipinski definition) is 7. The maximum absolute atomic E-state index is 13.0. The van der Waals surface area contributed by atoms with Gasteiger partial charge in [-0.2, -0.15) is 79.0 Å². The molecular formula is C34H47ClF21NO6. The molecule has 1 N–H and O–H groups in total. The molecule has 0 unspecified atom stereocenters. The van der Waals surface area contributed by atoms with Crippen molar-refractivity contribution in [1.82, 2.24) is 4.90 Å². The van der Waals surface area contributed by atoms with E-state index in [1.165, 1.54) is 19.6 Å². The molecule has 63 heavy (non-hydrogen) atoms. The molecule has 0 saturated carbocycles. The average molecular weight is 1000 g/mol. The minimum atomic E-state index is -6.08. The highest BCUT2D eigenvalue weighted by atomic mass is 35.5. The van der Waals surface area contributed by atoms with Crippen LogP contribution >= 0.6 is 11.6 Å². The standard InChI is InChI=1S/2C9H9F7O2.C6H7F7O.C6H15N.C3H3ClO.CH4/c2*1-2-6(17)18-5-3-4-7(10,8(11,12)13)9(14,15)16;7-4(2-1-3-14,5(8,9)10)6(11,12)13;1-4-7(5-2)6-3;1-2-3(4)5;/h2*2H,1,3-5H2;14H,1-3H2;4-6H2,1-3H3;2H,1H2;1H4. The molecule has 0 aliphatic heterocycles. The topological polar surface area (TPSA) is 93.1 Å². The van der Waals surface area contributed by atoms with Crippen molar-refractivity contribution in [3.63, 3.8) is 0 Å². The molecule has 7 nitrogen and oxygen atoms in total. The Labute approximate surface area is 353 Å². The smallest absolute Gasteiger partial charge is 0.431 e. The molecule has 0 aromatic rings. The maximum atomic E-state index is 13.0. The zero-order valence-corrected chi connectivity index (χ0v) is 33.3. The molecular weight excluding hydrogens is 953 g/mol. The van der Waals surface area contributed by atoms with Crippen LogP contribution < -0.4 is 0 Å². The molecule has 0 aliphatic carbocycles. The van der Waals surface area contributed by atoms with Gasteiger partial charge in [0, 0.05) is 38.0 Å². The number of aliphatic hydroxyl groups excluding tert-OH is 1. The van der Waals surface area contributed by atoms with Crippen molar-refractivity contribution in [3.05, 3.63) is 38.0 Å². The fourth-order valence-electron chi connectivity index (χ4n) is 3.42. The van der Waals surface area contributed by atoms with Crippen LogP contribution in [0.25, 0.3) is 0 Å². The van der Waals surface area contributed by atoms with Crippen LogP contribution in [0.3, 0.4) is 0 Å². The van der Waals surface area contributed by atoms with Crippen molar-refractivity contribution < 1.29 is 121 Å². The highest BCUT2D eigenvalue weighted by Crippen LogP contribution is 2.51. The number of hydrogen-bond donors (Lipinski definition) is 1. The summed E-state index contributed by atoms with van der Waals surface area (Å²) in [6.45, 7) is 16.7. The van der Waals surface area contributed by atoms with E-state index in [1.807, 2.05) is 0 Å². The van der Waals surface area contributed by atoms with Crippen molar-refractivity contribution in [2.45, 2.75) is 121 Å². The zero-order valence-electron chi connectivity index (χ0n) is 32.6. The summed E-state index contributed by atoms with van der Waals surface area (Å²) in [5, 5.41) is 7.55. The Kier molecular flexibility index (Phi) is 34.7. The number of aliphatic hydroxyl groups is 1. The molecule has 0 bridgehead atoms. The van der Waals surface area contributed by atoms with E-state index in [-0.39, 0.29) is 7.43 Å². The third kappa shape index (κ3) is 26.8. The highest BCUT2D eigenvalue weighted by Gasteiger charge is 2.73. The van der Waals surface area contributed by atoms with Crippen molar-refractivity contribution in [2.24, 2.45) is 0 Å². The van der Waals surface area contributed by atoms with Gasteiger partial charge in [-0.1, -0.05) is 47.9 Å². The molecule has 378 valence electrons. The first-order chi connectivity index (χ1) is 27.6. The van der Waals surface area contributed by atoms with Gasteiger partial charge in [-0.15, -0.1) is 0 Å². The van der Waals surface area contributed by atoms with Crippen molar-refractivity contribution >= 4 is 28.8 Å². The predicted octanol–water partition coefficient (Wildman–Crippen LogP) is 12.2. The van der Waals surface area contributed by atoms with Gasteiger partial charge in [0.2, 0.25) is 5.24 Å². The number of esters is 2. The molecule has 0 aromatic heterocycles. The minimum absolute atomic E-state index is 0. The van der Waals surface area contributed by atoms with Crippen LogP contribution in [0, 0.1) is 0 Å². The summed E-state index contributed by atoms with van der Waals surface area (Å²) >= 11 is 4.71. The van der Waals surface area contributed by atoms with Crippen LogP contribution in [0.2, 0.25) is 0 Å². The third-order valence-electron chi connectivity index (χ3n) is 7.03. The Balaban J connectivity index is -0.000000171. The average Bonchev–Trinajstić information content (AvgIpc) is 3.12. The molecule has 0 radical (unpaired) electrons. The monoisotopic (exact) mass is 999 g/mol. The lowest BCUT2D eigenvalue weighted by Crippen LogP contribution is -2.53. The van der Waals surface area contributed by atoms with Crippen LogP contribution in [0.4, 0.5) is 92.2 Å². The van der Waals surface area contributed by atoms with Gasteiger partial charge in [0.25, 0.3) is 17.0 Å². The van der Waals surface area contributed by atoms with Crippen LogP contribution in [-0.4, -0.2) is 121 Å². The molecule has 0 heterocycles. The first-order valence-electron chi connectivity index (χ1n) is 16.8. The van der Waals surface area contributed by atoms with Crippen LogP contribution in [0.5, 0.6) is 0 Å². The normalized spacial score (nSPS) is 12.5. The van der Waals surface area contributed by atoms with E-state index in [9.17, 15) is 107 Å². The van der Waals surface area contributed by atoms with Crippen molar-refractivity contribution in [1.29, 1.82) is 0 Å². The maximum Gasteiger partial charge on any atom is 0.431 e. The van der Waals surface area contributed by atoms with Crippen molar-refractivity contribution in [3.8, 4) is 0 Å². The lowest BCUT2D eigenvalue weighted by molar-refractivity contribution is -0.344. The molecule has 29 heteroatoms. The fraction of sp³-hybridized carbons (Fsp3) is 0.735. The van der Waals surface area contributed by atoms with E-state index in [4.69, 9.17) is 16.7 Å². The number of alkyl halides is 21. The molecule has 0 saturated heterocycles. The fourth-order valence-corrected chi connectivity index (χ4v) is 3.42. The summed E-state index contributed by atoms with van der Waals surface area (Å²) in [7, 11) is 0. The van der Waals surface area contributed by atoms with Gasteiger partial charge in [-0.3, -0.25) is 4.79 Å². The quantitative estimate of drug-likeness (QED) is 0.0510. The SMILES string of the molecule is C.C=CC(=O)Cl.C=CC(=O)OCCCC(F)(C(F)(F)F)C(F)(F)F.C=CC(=O)OCCCC(F)(C(F)(F)F)C(F)(F)F.CCN(CC)CC.OCCCC(F)(C(F)(F)F)C(F)(F)F. The van der Waals surface area contributed by atoms with Gasteiger partial charge >= 0.3 is 49.0 Å². The predicted molar refractivity (Wildman–Crippen MR) is 186 cm³/mol. The van der Waals surface area contributed by atoms with E-state index < -0.39 is 130 Å². The number of ether oxygens (including phenoxy) is 2. The first-order valence-corrected chi connectivity index (χ1v) is 17.2. The second kappa shape index (κ2) is 30.7. The summed E-state index contributed by atoms with van der Waals surface area (Å²) < 4.78 is 262. The lowest BCUT2D eigenvalue weighted by atomic mass is 9.98. The van der Waals surface area contributed by atoms with E-state index in [1.54, 1.807) is 0 Å². The second-order valence-electron chi connectivity index (χ2n) is 11.3. The molecule has 0 spiro atoms. The summed E-state index contributed by atoms with van der Waals surface area (Å²) in [6.07, 6.45) is -42.2. The largest absolute Gasteiger partial charge is 0.463 e. The van der Waals surface area contributed by atoms with Gasteiger partial charge in [0.05, 0.1) is 13.2 Å². The Hall–Kier alpha value is -3.43. The summed E-state index contributed by atoms with van der Waals surface area (Å²) in [5.74, 6) is -2.03. The number of carbonyl (C=O) groups excluding carboxylic acids is 3. The molecule has 0 aromatic carbocycles. The summed E-state index contributed by atoms with van der Waals surface area (Å²) in [5.41, 5.74) is -15.8. The Morgan fingerprint density at radius 2 is 0.698 bits per heavy atom. The molecule has 0 aliphatic rings. The summed E-state index contributed by atoms with van der Waals surface area (Å²) in [6, 6.07) is 0. The second-order valence-corrected chi connectivity index (χ2v) is 11.7. The van der Waals surface area contributed by atoms with Crippen LogP contribution in [0.15, 0.2) is 38.0 Å².